The van der Waals surface area contributed by atoms with E-state index in [4.69, 9.17) is 4.74 Å². The molecule has 0 aliphatic heterocycles. The van der Waals surface area contributed by atoms with Gasteiger partial charge in [-0.2, -0.15) is 0 Å². The predicted octanol–water partition coefficient (Wildman–Crippen LogP) is 5.22. The number of nitrogens with one attached hydrogen (secondary N) is 2. The molecule has 2 aromatic carbocycles. The fourth-order valence-corrected chi connectivity index (χ4v) is 3.11. The number of aromatic nitrogens is 1. The Kier molecular flexibility index (Phi) is 5.61. The topological polar surface area (TPSA) is 54.1 Å². The van der Waals surface area contributed by atoms with E-state index in [0.717, 1.165) is 35.4 Å². The standard InChI is InChI=1S/C22H26N2O2/c1-15(2)26-18-11-12-20(16(3)13-18)24-22(25)10-6-7-17-14-23-21-9-5-4-8-19(17)21/h4-5,8-9,11-15,23H,6-7,10H2,1-3H3,(H,24,25). The molecule has 2 N–H and O–H groups in total. The SMILES string of the molecule is Cc1cc(OC(C)C)ccc1NC(=O)CCCc1c[nH]c2ccccc12. The number of H-pyrrole nitrogens is 1. The smallest absolute Gasteiger partial charge is 0.224 e. The lowest BCUT2D eigenvalue weighted by molar-refractivity contribution is -0.116. The van der Waals surface area contributed by atoms with Crippen molar-refractivity contribution in [1.29, 1.82) is 0 Å². The third-order valence-electron chi connectivity index (χ3n) is 4.37. The van der Waals surface area contributed by atoms with E-state index in [1.807, 2.05) is 57.3 Å². The van der Waals surface area contributed by atoms with Crippen molar-refractivity contribution in [1.82, 2.24) is 4.98 Å². The number of hydrogen-bond acceptors (Lipinski definition) is 2. The van der Waals surface area contributed by atoms with E-state index in [-0.39, 0.29) is 12.0 Å². The molecule has 0 fully saturated rings. The minimum Gasteiger partial charge on any atom is -0.491 e. The van der Waals surface area contributed by atoms with Gasteiger partial charge in [-0.25, -0.2) is 0 Å². The summed E-state index contributed by atoms with van der Waals surface area (Å²) < 4.78 is 5.68. The number of hydrogen-bond donors (Lipinski definition) is 2. The molecule has 1 heterocycles. The van der Waals surface area contributed by atoms with E-state index in [1.165, 1.54) is 10.9 Å². The lowest BCUT2D eigenvalue weighted by atomic mass is 10.1. The summed E-state index contributed by atoms with van der Waals surface area (Å²) in [6, 6.07) is 14.0. The number of benzene rings is 2. The third kappa shape index (κ3) is 4.45. The number of aryl methyl sites for hydroxylation is 2. The molecule has 0 radical (unpaired) electrons. The normalized spacial score (nSPS) is 11.1. The van der Waals surface area contributed by atoms with Crippen LogP contribution in [0.2, 0.25) is 0 Å². The molecule has 26 heavy (non-hydrogen) atoms. The Balaban J connectivity index is 1.53. The first-order chi connectivity index (χ1) is 12.5. The van der Waals surface area contributed by atoms with Gasteiger partial charge in [0.1, 0.15) is 5.75 Å². The van der Waals surface area contributed by atoms with Crippen molar-refractivity contribution >= 4 is 22.5 Å². The molecule has 0 bridgehead atoms. The van der Waals surface area contributed by atoms with Crippen molar-refractivity contribution in [3.05, 3.63) is 59.8 Å². The van der Waals surface area contributed by atoms with E-state index >= 15 is 0 Å². The molecule has 1 amide bonds. The van der Waals surface area contributed by atoms with E-state index in [0.29, 0.717) is 6.42 Å². The van der Waals surface area contributed by atoms with Crippen LogP contribution in [0.3, 0.4) is 0 Å². The number of para-hydroxylation sites is 1. The van der Waals surface area contributed by atoms with Crippen molar-refractivity contribution in [3.63, 3.8) is 0 Å². The second-order valence-electron chi connectivity index (χ2n) is 6.90. The summed E-state index contributed by atoms with van der Waals surface area (Å²) in [5.74, 6) is 0.875. The monoisotopic (exact) mass is 350 g/mol. The summed E-state index contributed by atoms with van der Waals surface area (Å²) in [6.45, 7) is 5.98. The molecule has 0 unspecified atom stereocenters. The molecule has 3 rings (SSSR count). The van der Waals surface area contributed by atoms with Crippen LogP contribution in [0.25, 0.3) is 10.9 Å². The van der Waals surface area contributed by atoms with Gasteiger partial charge < -0.3 is 15.0 Å². The summed E-state index contributed by atoms with van der Waals surface area (Å²) in [4.78, 5) is 15.5. The van der Waals surface area contributed by atoms with Crippen LogP contribution in [0.15, 0.2) is 48.7 Å². The van der Waals surface area contributed by atoms with Crippen LogP contribution in [0.5, 0.6) is 5.75 Å². The number of ether oxygens (including phenoxy) is 1. The van der Waals surface area contributed by atoms with Gasteiger partial charge in [-0.1, -0.05) is 18.2 Å². The zero-order chi connectivity index (χ0) is 18.5. The lowest BCUT2D eigenvalue weighted by Gasteiger charge is -2.13. The molecule has 1 aromatic heterocycles. The van der Waals surface area contributed by atoms with Crippen molar-refractivity contribution in [2.24, 2.45) is 0 Å². The van der Waals surface area contributed by atoms with Crippen LogP contribution in [0.4, 0.5) is 5.69 Å². The van der Waals surface area contributed by atoms with E-state index in [2.05, 4.69) is 22.4 Å². The molecule has 136 valence electrons. The van der Waals surface area contributed by atoms with E-state index in [1.54, 1.807) is 0 Å². The summed E-state index contributed by atoms with van der Waals surface area (Å²) in [5, 5.41) is 4.25. The maximum atomic E-state index is 12.3. The Morgan fingerprint density at radius 3 is 2.77 bits per heavy atom. The van der Waals surface area contributed by atoms with Crippen molar-refractivity contribution in [2.45, 2.75) is 46.1 Å². The van der Waals surface area contributed by atoms with Crippen molar-refractivity contribution in [3.8, 4) is 5.75 Å². The maximum absolute atomic E-state index is 12.3. The van der Waals surface area contributed by atoms with Gasteiger partial charge in [0.2, 0.25) is 5.91 Å². The highest BCUT2D eigenvalue weighted by molar-refractivity contribution is 5.91. The van der Waals surface area contributed by atoms with Crippen LogP contribution >= 0.6 is 0 Å². The molecule has 0 aliphatic rings. The molecule has 0 spiro atoms. The second kappa shape index (κ2) is 8.09. The second-order valence-corrected chi connectivity index (χ2v) is 6.90. The molecular formula is C22H26N2O2. The largest absolute Gasteiger partial charge is 0.491 e. The average molecular weight is 350 g/mol. The number of amides is 1. The molecule has 0 saturated carbocycles. The third-order valence-corrected chi connectivity index (χ3v) is 4.37. The summed E-state index contributed by atoms with van der Waals surface area (Å²) in [5.41, 5.74) is 4.26. The Morgan fingerprint density at radius 2 is 2.00 bits per heavy atom. The van der Waals surface area contributed by atoms with Crippen LogP contribution in [-0.2, 0) is 11.2 Å². The fourth-order valence-electron chi connectivity index (χ4n) is 3.11. The number of anilines is 1. The van der Waals surface area contributed by atoms with E-state index < -0.39 is 0 Å². The molecule has 0 saturated heterocycles. The molecule has 0 atom stereocenters. The van der Waals surface area contributed by atoms with Crippen LogP contribution in [0.1, 0.15) is 37.8 Å². The molecule has 4 heteroatoms. The highest BCUT2D eigenvalue weighted by atomic mass is 16.5. The van der Waals surface area contributed by atoms with Gasteiger partial charge in [-0.3, -0.25) is 4.79 Å². The molecular weight excluding hydrogens is 324 g/mol. The first-order valence-corrected chi connectivity index (χ1v) is 9.15. The van der Waals surface area contributed by atoms with Gasteiger partial charge in [0, 0.05) is 29.2 Å². The molecule has 3 aromatic rings. The quantitative estimate of drug-likeness (QED) is 0.613. The van der Waals surface area contributed by atoms with Crippen LogP contribution in [0, 0.1) is 6.92 Å². The number of fused-ring (bicyclic) bond motifs is 1. The Bertz CT molecular complexity index is 896. The van der Waals surface area contributed by atoms with Gasteiger partial charge in [-0.15, -0.1) is 0 Å². The molecule has 0 aliphatic carbocycles. The molecule has 4 nitrogen and oxygen atoms in total. The van der Waals surface area contributed by atoms with Gasteiger partial charge in [0.25, 0.3) is 0 Å². The highest BCUT2D eigenvalue weighted by Crippen LogP contribution is 2.23. The van der Waals surface area contributed by atoms with Crippen LogP contribution < -0.4 is 10.1 Å². The van der Waals surface area contributed by atoms with Gasteiger partial charge in [0.15, 0.2) is 0 Å². The Labute approximate surface area is 154 Å². The minimum absolute atomic E-state index is 0.0467. The zero-order valence-corrected chi connectivity index (χ0v) is 15.6. The first kappa shape index (κ1) is 18.1. The minimum atomic E-state index is 0.0467. The van der Waals surface area contributed by atoms with Crippen LogP contribution in [-0.4, -0.2) is 17.0 Å². The Hall–Kier alpha value is -2.75. The highest BCUT2D eigenvalue weighted by Gasteiger charge is 2.08. The predicted molar refractivity (Wildman–Crippen MR) is 107 cm³/mol. The first-order valence-electron chi connectivity index (χ1n) is 9.15. The van der Waals surface area contributed by atoms with Gasteiger partial charge in [0.05, 0.1) is 6.10 Å². The Morgan fingerprint density at radius 1 is 1.19 bits per heavy atom. The number of rotatable bonds is 7. The van der Waals surface area contributed by atoms with E-state index in [9.17, 15) is 4.79 Å². The fraction of sp³-hybridized carbons (Fsp3) is 0.318. The van der Waals surface area contributed by atoms with Crippen molar-refractivity contribution in [2.75, 3.05) is 5.32 Å². The number of carbonyl (C=O) groups excluding carboxylic acids is 1. The zero-order valence-electron chi connectivity index (χ0n) is 15.6. The lowest BCUT2D eigenvalue weighted by Crippen LogP contribution is -2.12. The summed E-state index contributed by atoms with van der Waals surface area (Å²) in [6.07, 6.45) is 4.39. The van der Waals surface area contributed by atoms with Crippen molar-refractivity contribution < 1.29 is 9.53 Å². The number of carbonyl (C=O) groups is 1. The maximum Gasteiger partial charge on any atom is 0.224 e. The van der Waals surface area contributed by atoms with Gasteiger partial charge in [-0.05, 0) is 69.0 Å². The number of aromatic amines is 1. The van der Waals surface area contributed by atoms with Gasteiger partial charge >= 0.3 is 0 Å². The summed E-state index contributed by atoms with van der Waals surface area (Å²) >= 11 is 0. The average Bonchev–Trinajstić information content (AvgIpc) is 3.00. The summed E-state index contributed by atoms with van der Waals surface area (Å²) in [7, 11) is 0.